The average molecular weight is 273 g/mol. The van der Waals surface area contributed by atoms with Crippen molar-refractivity contribution in [3.63, 3.8) is 0 Å². The highest BCUT2D eigenvalue weighted by atomic mass is 32.2. The number of thioether (sulfide) groups is 1. The van der Waals surface area contributed by atoms with Gasteiger partial charge in [-0.3, -0.25) is 0 Å². The highest BCUT2D eigenvalue weighted by Crippen LogP contribution is 2.37. The number of morpholine rings is 1. The number of rotatable bonds is 4. The SMILES string of the molecule is COC(C)(C)CCC1NCCOC12CCSCC2. The van der Waals surface area contributed by atoms with Crippen molar-refractivity contribution in [2.24, 2.45) is 0 Å². The van der Waals surface area contributed by atoms with Crippen molar-refractivity contribution in [1.29, 1.82) is 0 Å². The molecule has 2 rings (SSSR count). The molecule has 0 aliphatic carbocycles. The van der Waals surface area contributed by atoms with Crippen LogP contribution in [0.3, 0.4) is 0 Å². The van der Waals surface area contributed by atoms with Crippen molar-refractivity contribution in [3.8, 4) is 0 Å². The Labute approximate surface area is 115 Å². The summed E-state index contributed by atoms with van der Waals surface area (Å²) in [4.78, 5) is 0. The van der Waals surface area contributed by atoms with E-state index in [4.69, 9.17) is 9.47 Å². The molecule has 4 heteroatoms. The molecule has 1 atom stereocenters. The number of nitrogens with one attached hydrogen (secondary N) is 1. The van der Waals surface area contributed by atoms with Gasteiger partial charge in [0.2, 0.25) is 0 Å². The van der Waals surface area contributed by atoms with E-state index >= 15 is 0 Å². The average Bonchev–Trinajstić information content (AvgIpc) is 2.39. The molecule has 0 radical (unpaired) electrons. The van der Waals surface area contributed by atoms with Crippen LogP contribution in [0, 0.1) is 0 Å². The summed E-state index contributed by atoms with van der Waals surface area (Å²) in [5.74, 6) is 2.48. The van der Waals surface area contributed by atoms with Crippen molar-refractivity contribution >= 4 is 11.8 Å². The van der Waals surface area contributed by atoms with Crippen LogP contribution in [-0.4, -0.2) is 49.0 Å². The fourth-order valence-electron chi connectivity index (χ4n) is 2.94. The van der Waals surface area contributed by atoms with E-state index in [0.29, 0.717) is 6.04 Å². The van der Waals surface area contributed by atoms with Gasteiger partial charge in [0.15, 0.2) is 0 Å². The smallest absolute Gasteiger partial charge is 0.0851 e. The Balaban J connectivity index is 1.95. The third kappa shape index (κ3) is 3.41. The van der Waals surface area contributed by atoms with Crippen LogP contribution in [0.2, 0.25) is 0 Å². The molecule has 1 unspecified atom stereocenters. The first-order valence-electron chi connectivity index (χ1n) is 7.08. The molecule has 2 saturated heterocycles. The standard InChI is InChI=1S/C14H27NO2S/c1-13(2,16-3)5-4-12-14(17-9-8-15-12)6-10-18-11-7-14/h12,15H,4-11H2,1-3H3. The van der Waals surface area contributed by atoms with Crippen LogP contribution >= 0.6 is 11.8 Å². The van der Waals surface area contributed by atoms with Crippen LogP contribution < -0.4 is 5.32 Å². The van der Waals surface area contributed by atoms with Crippen LogP contribution in [0.4, 0.5) is 0 Å². The molecule has 1 N–H and O–H groups in total. The van der Waals surface area contributed by atoms with Gasteiger partial charge in [-0.25, -0.2) is 0 Å². The molecule has 2 aliphatic rings. The van der Waals surface area contributed by atoms with Gasteiger partial charge in [0.05, 0.1) is 17.8 Å². The second kappa shape index (κ2) is 6.12. The molecule has 3 nitrogen and oxygen atoms in total. The normalized spacial score (nSPS) is 28.5. The monoisotopic (exact) mass is 273 g/mol. The maximum absolute atomic E-state index is 6.20. The lowest BCUT2D eigenvalue weighted by Gasteiger charge is -2.47. The van der Waals surface area contributed by atoms with Crippen molar-refractivity contribution in [1.82, 2.24) is 5.32 Å². The quantitative estimate of drug-likeness (QED) is 0.852. The third-order valence-electron chi connectivity index (χ3n) is 4.44. The summed E-state index contributed by atoms with van der Waals surface area (Å²) in [7, 11) is 1.80. The minimum Gasteiger partial charge on any atom is -0.379 e. The summed E-state index contributed by atoms with van der Waals surface area (Å²) in [5.41, 5.74) is 0.0804. The Morgan fingerprint density at radius 2 is 2.11 bits per heavy atom. The predicted octanol–water partition coefficient (Wildman–Crippen LogP) is 2.45. The molecule has 0 saturated carbocycles. The van der Waals surface area contributed by atoms with Gasteiger partial charge in [-0.15, -0.1) is 0 Å². The number of ether oxygens (including phenoxy) is 2. The lowest BCUT2D eigenvalue weighted by atomic mass is 9.82. The second-order valence-corrected chi connectivity index (χ2v) is 7.26. The van der Waals surface area contributed by atoms with E-state index in [0.717, 1.165) is 26.0 Å². The molecule has 2 heterocycles. The Bertz CT molecular complexity index is 256. The van der Waals surface area contributed by atoms with Crippen molar-refractivity contribution in [3.05, 3.63) is 0 Å². The highest BCUT2D eigenvalue weighted by molar-refractivity contribution is 7.99. The van der Waals surface area contributed by atoms with Gasteiger partial charge in [0.25, 0.3) is 0 Å². The molecule has 106 valence electrons. The number of methoxy groups -OCH3 is 1. The van der Waals surface area contributed by atoms with Crippen molar-refractivity contribution in [2.75, 3.05) is 31.8 Å². The van der Waals surface area contributed by atoms with E-state index < -0.39 is 0 Å². The lowest BCUT2D eigenvalue weighted by molar-refractivity contribution is -0.108. The predicted molar refractivity (Wildman–Crippen MR) is 77.4 cm³/mol. The van der Waals surface area contributed by atoms with Gasteiger partial charge in [-0.1, -0.05) is 0 Å². The Hall–Kier alpha value is 0.230. The molecule has 0 aromatic rings. The zero-order valence-electron chi connectivity index (χ0n) is 12.0. The zero-order valence-corrected chi connectivity index (χ0v) is 12.8. The van der Waals surface area contributed by atoms with Gasteiger partial charge in [-0.2, -0.15) is 11.8 Å². The van der Waals surface area contributed by atoms with Crippen LogP contribution in [-0.2, 0) is 9.47 Å². The minimum absolute atomic E-state index is 0.0241. The third-order valence-corrected chi connectivity index (χ3v) is 5.43. The molecule has 1 spiro atoms. The second-order valence-electron chi connectivity index (χ2n) is 6.03. The summed E-state index contributed by atoms with van der Waals surface area (Å²) in [6.45, 7) is 6.20. The topological polar surface area (TPSA) is 30.5 Å². The largest absolute Gasteiger partial charge is 0.379 e. The first-order chi connectivity index (χ1) is 8.58. The molecule has 0 aromatic heterocycles. The van der Waals surface area contributed by atoms with Crippen LogP contribution in [0.1, 0.15) is 39.5 Å². The summed E-state index contributed by atoms with van der Waals surface area (Å²) in [6, 6.07) is 0.501. The highest BCUT2D eigenvalue weighted by Gasteiger charge is 2.43. The molecule has 0 bridgehead atoms. The van der Waals surface area contributed by atoms with E-state index in [1.807, 2.05) is 0 Å². The Morgan fingerprint density at radius 1 is 1.39 bits per heavy atom. The first kappa shape index (κ1) is 14.6. The van der Waals surface area contributed by atoms with E-state index in [2.05, 4.69) is 30.9 Å². The molecule has 0 amide bonds. The lowest BCUT2D eigenvalue weighted by Crippen LogP contribution is -2.59. The first-order valence-corrected chi connectivity index (χ1v) is 8.24. The van der Waals surface area contributed by atoms with Gasteiger partial charge < -0.3 is 14.8 Å². The molecular formula is C14H27NO2S. The fourth-order valence-corrected chi connectivity index (χ4v) is 4.13. The zero-order chi connectivity index (χ0) is 13.1. The Morgan fingerprint density at radius 3 is 2.78 bits per heavy atom. The maximum atomic E-state index is 6.20. The molecule has 0 aromatic carbocycles. The van der Waals surface area contributed by atoms with E-state index in [1.165, 1.54) is 24.3 Å². The minimum atomic E-state index is -0.0241. The maximum Gasteiger partial charge on any atom is 0.0851 e. The fraction of sp³-hybridized carbons (Fsp3) is 1.00. The van der Waals surface area contributed by atoms with Crippen LogP contribution in [0.5, 0.6) is 0 Å². The van der Waals surface area contributed by atoms with Crippen LogP contribution in [0.15, 0.2) is 0 Å². The summed E-state index contributed by atoms with van der Waals surface area (Å²) in [6.07, 6.45) is 4.62. The van der Waals surface area contributed by atoms with Gasteiger partial charge in [-0.05, 0) is 51.0 Å². The Kier molecular flexibility index (Phi) is 4.98. The number of hydrogen-bond acceptors (Lipinski definition) is 4. The molecule has 2 fully saturated rings. The van der Waals surface area contributed by atoms with Crippen molar-refractivity contribution < 1.29 is 9.47 Å². The van der Waals surface area contributed by atoms with Gasteiger partial charge in [0.1, 0.15) is 0 Å². The molecule has 18 heavy (non-hydrogen) atoms. The summed E-state index contributed by atoms with van der Waals surface area (Å²) >= 11 is 2.06. The molecular weight excluding hydrogens is 246 g/mol. The van der Waals surface area contributed by atoms with Crippen LogP contribution in [0.25, 0.3) is 0 Å². The van der Waals surface area contributed by atoms with Gasteiger partial charge in [0, 0.05) is 19.7 Å². The van der Waals surface area contributed by atoms with E-state index in [-0.39, 0.29) is 11.2 Å². The van der Waals surface area contributed by atoms with Crippen molar-refractivity contribution in [2.45, 2.75) is 56.8 Å². The van der Waals surface area contributed by atoms with E-state index in [1.54, 1.807) is 7.11 Å². The van der Waals surface area contributed by atoms with Gasteiger partial charge >= 0.3 is 0 Å². The molecule has 2 aliphatic heterocycles. The van der Waals surface area contributed by atoms with E-state index in [9.17, 15) is 0 Å². The summed E-state index contributed by atoms with van der Waals surface area (Å²) in [5, 5.41) is 3.69. The number of hydrogen-bond donors (Lipinski definition) is 1. The summed E-state index contributed by atoms with van der Waals surface area (Å²) < 4.78 is 11.7.